The van der Waals surface area contributed by atoms with E-state index in [1.54, 1.807) is 0 Å². The minimum absolute atomic E-state index is 0.0210. The van der Waals surface area contributed by atoms with E-state index in [1.165, 1.54) is 0 Å². The molecule has 0 saturated heterocycles. The topological polar surface area (TPSA) is 40.5 Å². The van der Waals surface area contributed by atoms with Gasteiger partial charge < -0.3 is 10.2 Å². The number of rotatable bonds is 0. The van der Waals surface area contributed by atoms with Crippen LogP contribution in [0.5, 0.6) is 0 Å². The third-order valence-electron chi connectivity index (χ3n) is 4.06. The van der Waals surface area contributed by atoms with Crippen molar-refractivity contribution >= 4 is 0 Å². The molecule has 2 aliphatic rings. The molecule has 0 bridgehead atoms. The first-order chi connectivity index (χ1) is 5.85. The van der Waals surface area contributed by atoms with Gasteiger partial charge in [0.2, 0.25) is 0 Å². The van der Waals surface area contributed by atoms with E-state index >= 15 is 0 Å². The Morgan fingerprint density at radius 3 is 2.23 bits per heavy atom. The molecule has 0 amide bonds. The van der Waals surface area contributed by atoms with Crippen molar-refractivity contribution in [3.8, 4) is 0 Å². The van der Waals surface area contributed by atoms with Gasteiger partial charge in [0.1, 0.15) is 0 Å². The van der Waals surface area contributed by atoms with Crippen LogP contribution in [0.15, 0.2) is 0 Å². The summed E-state index contributed by atoms with van der Waals surface area (Å²) in [6, 6.07) is 0. The number of aliphatic hydroxyl groups is 2. The van der Waals surface area contributed by atoms with E-state index in [0.29, 0.717) is 5.92 Å². The lowest BCUT2D eigenvalue weighted by molar-refractivity contribution is -0.0324. The van der Waals surface area contributed by atoms with Gasteiger partial charge in [-0.1, -0.05) is 20.8 Å². The standard InChI is InChI=1S/C11H20O2/c1-10(2)4-7-5-11(7,3)9(13)8(12)6-10/h7-9,12-13H,4-6H2,1-3H3/t7-,8+,9-,11+/m0/s1. The predicted molar refractivity (Wildman–Crippen MR) is 51.2 cm³/mol. The average molecular weight is 184 g/mol. The molecule has 4 atom stereocenters. The Labute approximate surface area is 80.0 Å². The van der Waals surface area contributed by atoms with Crippen molar-refractivity contribution in [1.82, 2.24) is 0 Å². The molecule has 2 saturated carbocycles. The molecule has 76 valence electrons. The van der Waals surface area contributed by atoms with Crippen LogP contribution in [0.2, 0.25) is 0 Å². The van der Waals surface area contributed by atoms with Gasteiger partial charge >= 0.3 is 0 Å². The molecule has 0 unspecified atom stereocenters. The molecule has 2 fully saturated rings. The third kappa shape index (κ3) is 1.40. The lowest BCUT2D eigenvalue weighted by atomic mass is 9.82. The fourth-order valence-electron chi connectivity index (χ4n) is 3.01. The van der Waals surface area contributed by atoms with Crippen LogP contribution in [0, 0.1) is 16.7 Å². The first kappa shape index (κ1) is 9.47. The van der Waals surface area contributed by atoms with Crippen LogP contribution in [0.1, 0.15) is 40.0 Å². The van der Waals surface area contributed by atoms with E-state index in [9.17, 15) is 10.2 Å². The lowest BCUT2D eigenvalue weighted by Gasteiger charge is -2.27. The fourth-order valence-corrected chi connectivity index (χ4v) is 3.01. The highest BCUT2D eigenvalue weighted by Gasteiger charge is 2.60. The van der Waals surface area contributed by atoms with Gasteiger partial charge in [0.25, 0.3) is 0 Å². The number of hydrogen-bond donors (Lipinski definition) is 2. The zero-order valence-electron chi connectivity index (χ0n) is 8.75. The van der Waals surface area contributed by atoms with E-state index in [-0.39, 0.29) is 10.8 Å². The van der Waals surface area contributed by atoms with Crippen LogP contribution in [0.3, 0.4) is 0 Å². The van der Waals surface area contributed by atoms with Gasteiger partial charge in [-0.2, -0.15) is 0 Å². The van der Waals surface area contributed by atoms with Crippen LogP contribution in [0.25, 0.3) is 0 Å². The molecule has 0 heterocycles. The SMILES string of the molecule is CC1(C)C[C@H]2C[C@@]2(C)[C@@H](O)[C@H](O)C1. The highest BCUT2D eigenvalue weighted by atomic mass is 16.3. The van der Waals surface area contributed by atoms with Crippen molar-refractivity contribution < 1.29 is 10.2 Å². The van der Waals surface area contributed by atoms with Gasteiger partial charge in [0.15, 0.2) is 0 Å². The summed E-state index contributed by atoms with van der Waals surface area (Å²) < 4.78 is 0. The molecule has 2 rings (SSSR count). The average Bonchev–Trinajstić information content (AvgIpc) is 2.58. The molecular formula is C11H20O2. The maximum absolute atomic E-state index is 9.91. The van der Waals surface area contributed by atoms with Crippen LogP contribution in [-0.4, -0.2) is 22.4 Å². The molecule has 0 aliphatic heterocycles. The molecule has 0 aromatic heterocycles. The second-order valence-corrected chi connectivity index (χ2v) is 5.99. The Bertz CT molecular complexity index is 220. The summed E-state index contributed by atoms with van der Waals surface area (Å²) in [5.74, 6) is 0.634. The Balaban J connectivity index is 2.20. The molecule has 0 aromatic rings. The van der Waals surface area contributed by atoms with Gasteiger partial charge in [-0.15, -0.1) is 0 Å². The van der Waals surface area contributed by atoms with E-state index in [4.69, 9.17) is 0 Å². The van der Waals surface area contributed by atoms with E-state index < -0.39 is 12.2 Å². The summed E-state index contributed by atoms with van der Waals surface area (Å²) in [5, 5.41) is 19.7. The monoisotopic (exact) mass is 184 g/mol. The molecular weight excluding hydrogens is 164 g/mol. The minimum atomic E-state index is -0.521. The minimum Gasteiger partial charge on any atom is -0.390 e. The summed E-state index contributed by atoms with van der Waals surface area (Å²) in [6.45, 7) is 6.48. The van der Waals surface area contributed by atoms with E-state index in [2.05, 4.69) is 20.8 Å². The van der Waals surface area contributed by atoms with Gasteiger partial charge in [-0.25, -0.2) is 0 Å². The van der Waals surface area contributed by atoms with Crippen molar-refractivity contribution in [2.24, 2.45) is 16.7 Å². The van der Waals surface area contributed by atoms with Crippen LogP contribution in [0.4, 0.5) is 0 Å². The maximum atomic E-state index is 9.91. The summed E-state index contributed by atoms with van der Waals surface area (Å²) >= 11 is 0. The van der Waals surface area contributed by atoms with Crippen molar-refractivity contribution in [2.75, 3.05) is 0 Å². The predicted octanol–water partition coefficient (Wildman–Crippen LogP) is 1.55. The Hall–Kier alpha value is -0.0800. The van der Waals surface area contributed by atoms with Crippen LogP contribution < -0.4 is 0 Å². The van der Waals surface area contributed by atoms with Gasteiger partial charge in [0.05, 0.1) is 12.2 Å². The van der Waals surface area contributed by atoms with Gasteiger partial charge in [-0.3, -0.25) is 0 Å². The number of aliphatic hydroxyl groups excluding tert-OH is 2. The highest BCUT2D eigenvalue weighted by Crippen LogP contribution is 2.62. The van der Waals surface area contributed by atoms with Crippen LogP contribution >= 0.6 is 0 Å². The maximum Gasteiger partial charge on any atom is 0.0855 e. The van der Waals surface area contributed by atoms with Gasteiger partial charge in [-0.05, 0) is 36.0 Å². The quantitative estimate of drug-likeness (QED) is 0.599. The molecule has 13 heavy (non-hydrogen) atoms. The Morgan fingerprint density at radius 2 is 1.62 bits per heavy atom. The molecule has 2 aliphatic carbocycles. The molecule has 2 N–H and O–H groups in total. The summed E-state index contributed by atoms with van der Waals surface area (Å²) in [4.78, 5) is 0. The first-order valence-corrected chi connectivity index (χ1v) is 5.21. The third-order valence-corrected chi connectivity index (χ3v) is 4.06. The summed E-state index contributed by atoms with van der Waals surface area (Å²) in [5.41, 5.74) is 0.215. The second-order valence-electron chi connectivity index (χ2n) is 5.99. The Morgan fingerprint density at radius 1 is 1.00 bits per heavy atom. The fraction of sp³-hybridized carbons (Fsp3) is 1.00. The van der Waals surface area contributed by atoms with Crippen molar-refractivity contribution in [3.05, 3.63) is 0 Å². The second kappa shape index (κ2) is 2.48. The normalized spacial score (nSPS) is 53.8. The zero-order chi connectivity index (χ0) is 9.85. The number of hydrogen-bond acceptors (Lipinski definition) is 2. The lowest BCUT2D eigenvalue weighted by Crippen LogP contribution is -2.34. The highest BCUT2D eigenvalue weighted by molar-refractivity contribution is 5.09. The van der Waals surface area contributed by atoms with Crippen molar-refractivity contribution in [3.63, 3.8) is 0 Å². The summed E-state index contributed by atoms with van der Waals surface area (Å²) in [6.07, 6.45) is 1.96. The molecule has 0 spiro atoms. The molecule has 2 nitrogen and oxygen atoms in total. The van der Waals surface area contributed by atoms with Crippen molar-refractivity contribution in [1.29, 1.82) is 0 Å². The molecule has 0 radical (unpaired) electrons. The first-order valence-electron chi connectivity index (χ1n) is 5.21. The molecule has 2 heteroatoms. The Kier molecular flexibility index (Phi) is 1.81. The van der Waals surface area contributed by atoms with E-state index in [1.807, 2.05) is 0 Å². The number of fused-ring (bicyclic) bond motifs is 1. The zero-order valence-corrected chi connectivity index (χ0v) is 8.75. The van der Waals surface area contributed by atoms with Gasteiger partial charge in [0, 0.05) is 0 Å². The summed E-state index contributed by atoms with van der Waals surface area (Å²) in [7, 11) is 0. The largest absolute Gasteiger partial charge is 0.390 e. The van der Waals surface area contributed by atoms with Crippen molar-refractivity contribution in [2.45, 2.75) is 52.2 Å². The smallest absolute Gasteiger partial charge is 0.0855 e. The molecule has 0 aromatic carbocycles. The van der Waals surface area contributed by atoms with Crippen LogP contribution in [-0.2, 0) is 0 Å². The van der Waals surface area contributed by atoms with E-state index in [0.717, 1.165) is 19.3 Å².